The number of piperidine rings is 1. The zero-order valence-corrected chi connectivity index (χ0v) is 10.2. The first-order valence-corrected chi connectivity index (χ1v) is 6.98. The summed E-state index contributed by atoms with van der Waals surface area (Å²) in [4.78, 5) is 2.74. The van der Waals surface area contributed by atoms with Crippen molar-refractivity contribution in [1.82, 2.24) is 10.2 Å². The lowest BCUT2D eigenvalue weighted by Crippen LogP contribution is -2.41. The summed E-state index contributed by atoms with van der Waals surface area (Å²) in [7, 11) is 0. The Kier molecular flexibility index (Phi) is 3.46. The van der Waals surface area contributed by atoms with Gasteiger partial charge in [0.15, 0.2) is 0 Å². The SMILES string of the molecule is C1COCCC(N2C[C@@H]3CCCN[C@@H]3C2)C1. The van der Waals surface area contributed by atoms with Gasteiger partial charge >= 0.3 is 0 Å². The number of likely N-dealkylation sites (tertiary alicyclic amines) is 1. The minimum atomic E-state index is 0.790. The van der Waals surface area contributed by atoms with Crippen LogP contribution in [0.3, 0.4) is 0 Å². The third-order valence-electron chi connectivity index (χ3n) is 4.57. The third kappa shape index (κ3) is 2.27. The van der Waals surface area contributed by atoms with Gasteiger partial charge in [0.25, 0.3) is 0 Å². The van der Waals surface area contributed by atoms with Crippen LogP contribution in [0.2, 0.25) is 0 Å². The molecule has 0 aromatic heterocycles. The molecule has 3 nitrogen and oxygen atoms in total. The van der Waals surface area contributed by atoms with E-state index in [9.17, 15) is 0 Å². The molecule has 3 rings (SSSR count). The molecule has 0 radical (unpaired) electrons. The van der Waals surface area contributed by atoms with Gasteiger partial charge in [0.1, 0.15) is 0 Å². The summed E-state index contributed by atoms with van der Waals surface area (Å²) in [6.07, 6.45) is 6.67. The fourth-order valence-corrected chi connectivity index (χ4v) is 3.63. The highest BCUT2D eigenvalue weighted by molar-refractivity contribution is 4.94. The van der Waals surface area contributed by atoms with Gasteiger partial charge in [-0.15, -0.1) is 0 Å². The third-order valence-corrected chi connectivity index (χ3v) is 4.57. The minimum Gasteiger partial charge on any atom is -0.381 e. The molecule has 0 aromatic rings. The summed E-state index contributed by atoms with van der Waals surface area (Å²) in [5, 5.41) is 3.69. The highest BCUT2D eigenvalue weighted by Gasteiger charge is 2.36. The Hall–Kier alpha value is -0.120. The lowest BCUT2D eigenvalue weighted by molar-refractivity contribution is 0.134. The van der Waals surface area contributed by atoms with Crippen molar-refractivity contribution in [2.24, 2.45) is 5.92 Å². The maximum Gasteiger partial charge on any atom is 0.0480 e. The molecule has 3 aliphatic rings. The van der Waals surface area contributed by atoms with Gasteiger partial charge < -0.3 is 10.1 Å². The predicted octanol–water partition coefficient (Wildman–Crippen LogP) is 1.24. The number of fused-ring (bicyclic) bond motifs is 1. The fourth-order valence-electron chi connectivity index (χ4n) is 3.63. The summed E-state index contributed by atoms with van der Waals surface area (Å²) >= 11 is 0. The molecule has 3 atom stereocenters. The molecule has 1 unspecified atom stereocenters. The van der Waals surface area contributed by atoms with Crippen molar-refractivity contribution in [3.8, 4) is 0 Å². The van der Waals surface area contributed by atoms with E-state index in [2.05, 4.69) is 10.2 Å². The van der Waals surface area contributed by atoms with Crippen molar-refractivity contribution in [1.29, 1.82) is 0 Å². The second-order valence-corrected chi connectivity index (χ2v) is 5.61. The summed E-state index contributed by atoms with van der Waals surface area (Å²) < 4.78 is 5.56. The van der Waals surface area contributed by atoms with Crippen molar-refractivity contribution < 1.29 is 4.74 Å². The summed E-state index contributed by atoms with van der Waals surface area (Å²) in [6.45, 7) is 5.82. The monoisotopic (exact) mass is 224 g/mol. The van der Waals surface area contributed by atoms with E-state index < -0.39 is 0 Å². The number of hydrogen-bond acceptors (Lipinski definition) is 3. The van der Waals surface area contributed by atoms with Gasteiger partial charge in [-0.1, -0.05) is 0 Å². The molecule has 0 aromatic carbocycles. The fraction of sp³-hybridized carbons (Fsp3) is 1.00. The van der Waals surface area contributed by atoms with E-state index in [1.807, 2.05) is 0 Å². The van der Waals surface area contributed by atoms with Crippen molar-refractivity contribution in [3.63, 3.8) is 0 Å². The average molecular weight is 224 g/mol. The van der Waals surface area contributed by atoms with Crippen LogP contribution in [0.25, 0.3) is 0 Å². The Bertz CT molecular complexity index is 212. The van der Waals surface area contributed by atoms with Gasteiger partial charge in [-0.25, -0.2) is 0 Å². The molecule has 0 amide bonds. The van der Waals surface area contributed by atoms with Crippen LogP contribution < -0.4 is 5.32 Å². The standard InChI is InChI=1S/C13H24N2O/c1-3-11-9-15(10-13(11)14-6-1)12-4-2-7-16-8-5-12/h11-14H,1-10H2/t11-,12?,13+/m0/s1. The molecule has 1 N–H and O–H groups in total. The number of ether oxygens (including phenoxy) is 1. The van der Waals surface area contributed by atoms with Crippen LogP contribution >= 0.6 is 0 Å². The zero-order chi connectivity index (χ0) is 10.8. The van der Waals surface area contributed by atoms with E-state index in [1.54, 1.807) is 0 Å². The Balaban J connectivity index is 1.58. The highest BCUT2D eigenvalue weighted by Crippen LogP contribution is 2.28. The predicted molar refractivity (Wildman–Crippen MR) is 64.5 cm³/mol. The van der Waals surface area contributed by atoms with Crippen LogP contribution in [0.1, 0.15) is 32.1 Å². The van der Waals surface area contributed by atoms with Crippen molar-refractivity contribution in [2.75, 3.05) is 32.8 Å². The summed E-state index contributed by atoms with van der Waals surface area (Å²) in [5.41, 5.74) is 0. The molecule has 0 aliphatic carbocycles. The molecule has 3 fully saturated rings. The molecule has 3 heteroatoms. The molecular formula is C13H24N2O. The lowest BCUT2D eigenvalue weighted by atomic mass is 9.94. The maximum absolute atomic E-state index is 5.56. The van der Waals surface area contributed by atoms with Crippen LogP contribution in [0.4, 0.5) is 0 Å². The zero-order valence-electron chi connectivity index (χ0n) is 10.2. The molecule has 92 valence electrons. The van der Waals surface area contributed by atoms with Crippen LogP contribution in [0.15, 0.2) is 0 Å². The summed E-state index contributed by atoms with van der Waals surface area (Å²) in [6, 6.07) is 1.59. The van der Waals surface area contributed by atoms with Crippen molar-refractivity contribution in [3.05, 3.63) is 0 Å². The van der Waals surface area contributed by atoms with E-state index in [0.717, 1.165) is 31.2 Å². The van der Waals surface area contributed by atoms with Crippen molar-refractivity contribution >= 4 is 0 Å². The van der Waals surface area contributed by atoms with E-state index in [0.29, 0.717) is 0 Å². The maximum atomic E-state index is 5.56. The first kappa shape index (κ1) is 11.0. The largest absolute Gasteiger partial charge is 0.381 e. The minimum absolute atomic E-state index is 0.790. The number of rotatable bonds is 1. The Morgan fingerprint density at radius 1 is 1.00 bits per heavy atom. The van der Waals surface area contributed by atoms with Crippen LogP contribution in [-0.2, 0) is 4.74 Å². The molecule has 3 heterocycles. The van der Waals surface area contributed by atoms with Gasteiger partial charge in [0.2, 0.25) is 0 Å². The summed E-state index contributed by atoms with van der Waals surface area (Å²) in [5.74, 6) is 0.929. The van der Waals surface area contributed by atoms with Gasteiger partial charge in [-0.3, -0.25) is 4.90 Å². The van der Waals surface area contributed by atoms with E-state index in [-0.39, 0.29) is 0 Å². The normalized spacial score (nSPS) is 41.6. The second kappa shape index (κ2) is 5.03. The van der Waals surface area contributed by atoms with Gasteiger partial charge in [0, 0.05) is 38.4 Å². The smallest absolute Gasteiger partial charge is 0.0480 e. The van der Waals surface area contributed by atoms with E-state index in [4.69, 9.17) is 4.74 Å². The average Bonchev–Trinajstić information content (AvgIpc) is 2.56. The molecule has 3 saturated heterocycles. The lowest BCUT2D eigenvalue weighted by Gasteiger charge is -2.26. The van der Waals surface area contributed by atoms with Gasteiger partial charge in [0.05, 0.1) is 0 Å². The van der Waals surface area contributed by atoms with Crippen molar-refractivity contribution in [2.45, 2.75) is 44.2 Å². The molecule has 0 spiro atoms. The molecular weight excluding hydrogens is 200 g/mol. The van der Waals surface area contributed by atoms with Crippen LogP contribution in [0, 0.1) is 5.92 Å². The molecule has 0 bridgehead atoms. The molecule has 3 aliphatic heterocycles. The topological polar surface area (TPSA) is 24.5 Å². The number of nitrogens with zero attached hydrogens (tertiary/aromatic N) is 1. The van der Waals surface area contributed by atoms with E-state index >= 15 is 0 Å². The Labute approximate surface area is 98.5 Å². The first-order chi connectivity index (χ1) is 7.93. The van der Waals surface area contributed by atoms with E-state index in [1.165, 1.54) is 51.7 Å². The van der Waals surface area contributed by atoms with Crippen LogP contribution in [-0.4, -0.2) is 49.8 Å². The molecule has 0 saturated carbocycles. The first-order valence-electron chi connectivity index (χ1n) is 6.98. The second-order valence-electron chi connectivity index (χ2n) is 5.61. The molecule has 16 heavy (non-hydrogen) atoms. The van der Waals surface area contributed by atoms with Gasteiger partial charge in [-0.05, 0) is 44.6 Å². The number of nitrogens with one attached hydrogen (secondary N) is 1. The van der Waals surface area contributed by atoms with Crippen LogP contribution in [0.5, 0.6) is 0 Å². The number of hydrogen-bond donors (Lipinski definition) is 1. The van der Waals surface area contributed by atoms with Gasteiger partial charge in [-0.2, -0.15) is 0 Å². The Morgan fingerprint density at radius 3 is 2.94 bits per heavy atom. The quantitative estimate of drug-likeness (QED) is 0.725. The Morgan fingerprint density at radius 2 is 2.00 bits per heavy atom. The highest BCUT2D eigenvalue weighted by atomic mass is 16.5.